The number of carbonyl (C=O) groups is 1. The summed E-state index contributed by atoms with van der Waals surface area (Å²) in [4.78, 5) is 14.5. The lowest BCUT2D eigenvalue weighted by molar-refractivity contribution is -0.137. The van der Waals surface area contributed by atoms with Crippen LogP contribution in [0.3, 0.4) is 0 Å². The predicted molar refractivity (Wildman–Crippen MR) is 80.2 cm³/mol. The van der Waals surface area contributed by atoms with Crippen LogP contribution in [0.4, 0.5) is 0 Å². The van der Waals surface area contributed by atoms with Crippen molar-refractivity contribution in [2.24, 2.45) is 23.5 Å². The van der Waals surface area contributed by atoms with E-state index in [0.717, 1.165) is 17.0 Å². The van der Waals surface area contributed by atoms with Crippen LogP contribution in [0.2, 0.25) is 5.02 Å². The van der Waals surface area contributed by atoms with Gasteiger partial charge in [0.25, 0.3) is 0 Å². The van der Waals surface area contributed by atoms with E-state index in [1.54, 1.807) is 0 Å². The standard InChI is InChI=1S/C16H21ClN2O/c1-19(9-10-2-6-13(17)7-3-10)16(20)14-11-4-5-12(8-11)15(14)18/h2-3,6-7,11-12,14-15H,4-5,8-9,18H2,1H3. The lowest BCUT2D eigenvalue weighted by Gasteiger charge is -2.30. The van der Waals surface area contributed by atoms with Gasteiger partial charge in [0, 0.05) is 24.7 Å². The van der Waals surface area contributed by atoms with Gasteiger partial charge >= 0.3 is 0 Å². The third-order valence-corrected chi connectivity index (χ3v) is 5.23. The van der Waals surface area contributed by atoms with Gasteiger partial charge in [0.05, 0.1) is 5.92 Å². The van der Waals surface area contributed by atoms with Crippen molar-refractivity contribution >= 4 is 17.5 Å². The van der Waals surface area contributed by atoms with E-state index in [4.69, 9.17) is 17.3 Å². The van der Waals surface area contributed by atoms with Crippen molar-refractivity contribution in [3.63, 3.8) is 0 Å². The second kappa shape index (κ2) is 5.38. The molecule has 2 aliphatic rings. The van der Waals surface area contributed by atoms with Crippen LogP contribution < -0.4 is 5.73 Å². The molecule has 2 N–H and O–H groups in total. The first kappa shape index (κ1) is 13.9. The van der Waals surface area contributed by atoms with Gasteiger partial charge in [0.1, 0.15) is 0 Å². The predicted octanol–water partition coefficient (Wildman–Crippen LogP) is 2.67. The van der Waals surface area contributed by atoms with Crippen molar-refractivity contribution in [1.29, 1.82) is 0 Å². The van der Waals surface area contributed by atoms with Gasteiger partial charge in [-0.25, -0.2) is 0 Å². The molecule has 2 saturated carbocycles. The van der Waals surface area contributed by atoms with E-state index in [9.17, 15) is 4.79 Å². The monoisotopic (exact) mass is 292 g/mol. The first-order valence-electron chi connectivity index (χ1n) is 7.31. The number of nitrogens with zero attached hydrogens (tertiary/aromatic N) is 1. The van der Waals surface area contributed by atoms with Gasteiger partial charge in [-0.05, 0) is 48.8 Å². The zero-order valence-corrected chi connectivity index (χ0v) is 12.5. The summed E-state index contributed by atoms with van der Waals surface area (Å²) in [5.41, 5.74) is 7.35. The molecule has 20 heavy (non-hydrogen) atoms. The summed E-state index contributed by atoms with van der Waals surface area (Å²) in [6.45, 7) is 0.622. The molecule has 1 aromatic rings. The molecule has 2 fully saturated rings. The average molecular weight is 293 g/mol. The number of rotatable bonds is 3. The van der Waals surface area contributed by atoms with E-state index < -0.39 is 0 Å². The lowest BCUT2D eigenvalue weighted by atomic mass is 9.84. The van der Waals surface area contributed by atoms with Crippen LogP contribution in [0.25, 0.3) is 0 Å². The molecule has 2 bridgehead atoms. The number of halogens is 1. The van der Waals surface area contributed by atoms with E-state index in [2.05, 4.69) is 0 Å². The second-order valence-electron chi connectivity index (χ2n) is 6.26. The first-order chi connectivity index (χ1) is 9.56. The number of nitrogens with two attached hydrogens (primary N) is 1. The highest BCUT2D eigenvalue weighted by molar-refractivity contribution is 6.30. The maximum Gasteiger partial charge on any atom is 0.227 e. The molecule has 4 heteroatoms. The number of amides is 1. The molecule has 0 aromatic heterocycles. The van der Waals surface area contributed by atoms with E-state index in [1.807, 2.05) is 36.2 Å². The Kier molecular flexibility index (Phi) is 3.74. The van der Waals surface area contributed by atoms with Crippen LogP contribution in [-0.4, -0.2) is 23.9 Å². The molecular formula is C16H21ClN2O. The van der Waals surface area contributed by atoms with Crippen LogP contribution in [0, 0.1) is 17.8 Å². The molecule has 3 rings (SSSR count). The molecule has 2 aliphatic carbocycles. The Hall–Kier alpha value is -1.06. The minimum Gasteiger partial charge on any atom is -0.341 e. The quantitative estimate of drug-likeness (QED) is 0.931. The maximum absolute atomic E-state index is 12.6. The topological polar surface area (TPSA) is 46.3 Å². The van der Waals surface area contributed by atoms with E-state index in [0.29, 0.717) is 18.4 Å². The Bertz CT molecular complexity index is 500. The fourth-order valence-corrected chi connectivity index (χ4v) is 4.02. The van der Waals surface area contributed by atoms with Gasteiger partial charge in [-0.15, -0.1) is 0 Å². The minimum absolute atomic E-state index is 0.0334. The fraction of sp³-hybridized carbons (Fsp3) is 0.562. The Morgan fingerprint density at radius 1 is 1.30 bits per heavy atom. The van der Waals surface area contributed by atoms with E-state index in [1.165, 1.54) is 12.8 Å². The summed E-state index contributed by atoms with van der Waals surface area (Å²) in [6.07, 6.45) is 3.52. The van der Waals surface area contributed by atoms with Gasteiger partial charge < -0.3 is 10.6 Å². The first-order valence-corrected chi connectivity index (χ1v) is 7.69. The molecule has 0 radical (unpaired) electrons. The highest BCUT2D eigenvalue weighted by Gasteiger charge is 2.49. The van der Waals surface area contributed by atoms with Crippen LogP contribution in [0.5, 0.6) is 0 Å². The summed E-state index contributed by atoms with van der Waals surface area (Å²) in [6, 6.07) is 7.71. The minimum atomic E-state index is 0.0334. The Morgan fingerprint density at radius 3 is 2.55 bits per heavy atom. The number of carbonyl (C=O) groups excluding carboxylic acids is 1. The van der Waals surface area contributed by atoms with Crippen LogP contribution in [-0.2, 0) is 11.3 Å². The SMILES string of the molecule is CN(Cc1ccc(Cl)cc1)C(=O)C1C2CCC(C2)C1N. The zero-order valence-electron chi connectivity index (χ0n) is 11.8. The Labute approximate surface area is 125 Å². The number of hydrogen-bond donors (Lipinski definition) is 1. The van der Waals surface area contributed by atoms with Crippen molar-refractivity contribution in [3.05, 3.63) is 34.9 Å². The summed E-state index contributed by atoms with van der Waals surface area (Å²) in [7, 11) is 1.87. The Balaban J connectivity index is 1.66. The number of fused-ring (bicyclic) bond motifs is 2. The smallest absolute Gasteiger partial charge is 0.227 e. The van der Waals surface area contributed by atoms with Crippen molar-refractivity contribution in [2.45, 2.75) is 31.8 Å². The molecule has 1 amide bonds. The summed E-state index contributed by atoms with van der Waals surface area (Å²) in [5.74, 6) is 1.32. The molecule has 108 valence electrons. The van der Waals surface area contributed by atoms with Crippen LogP contribution >= 0.6 is 11.6 Å². The third kappa shape index (κ3) is 2.45. The van der Waals surface area contributed by atoms with E-state index in [-0.39, 0.29) is 17.9 Å². The zero-order chi connectivity index (χ0) is 14.3. The Morgan fingerprint density at radius 2 is 1.95 bits per heavy atom. The van der Waals surface area contributed by atoms with E-state index >= 15 is 0 Å². The highest BCUT2D eigenvalue weighted by atomic mass is 35.5. The number of benzene rings is 1. The molecule has 0 heterocycles. The van der Waals surface area contributed by atoms with Gasteiger partial charge in [-0.1, -0.05) is 23.7 Å². The molecule has 1 aromatic carbocycles. The van der Waals surface area contributed by atoms with Gasteiger partial charge in [-0.3, -0.25) is 4.79 Å². The van der Waals surface area contributed by atoms with Crippen molar-refractivity contribution in [3.8, 4) is 0 Å². The summed E-state index contributed by atoms with van der Waals surface area (Å²) < 4.78 is 0. The molecule has 0 aliphatic heterocycles. The van der Waals surface area contributed by atoms with Crippen LogP contribution in [0.15, 0.2) is 24.3 Å². The highest BCUT2D eigenvalue weighted by Crippen LogP contribution is 2.48. The largest absolute Gasteiger partial charge is 0.341 e. The number of hydrogen-bond acceptors (Lipinski definition) is 2. The molecule has 3 nitrogen and oxygen atoms in total. The molecule has 4 atom stereocenters. The van der Waals surface area contributed by atoms with Crippen LogP contribution in [0.1, 0.15) is 24.8 Å². The summed E-state index contributed by atoms with van der Waals surface area (Å²) >= 11 is 5.88. The molecule has 0 spiro atoms. The van der Waals surface area contributed by atoms with Gasteiger partial charge in [0.15, 0.2) is 0 Å². The normalized spacial score (nSPS) is 31.6. The van der Waals surface area contributed by atoms with Crippen molar-refractivity contribution in [1.82, 2.24) is 4.90 Å². The van der Waals surface area contributed by atoms with Crippen molar-refractivity contribution in [2.75, 3.05) is 7.05 Å². The van der Waals surface area contributed by atoms with Crippen molar-refractivity contribution < 1.29 is 4.79 Å². The molecule has 4 unspecified atom stereocenters. The van der Waals surface area contributed by atoms with Gasteiger partial charge in [0.2, 0.25) is 5.91 Å². The molecular weight excluding hydrogens is 272 g/mol. The lowest BCUT2D eigenvalue weighted by Crippen LogP contribution is -2.45. The second-order valence-corrected chi connectivity index (χ2v) is 6.69. The third-order valence-electron chi connectivity index (χ3n) is 4.97. The average Bonchev–Trinajstić information content (AvgIpc) is 3.01. The molecule has 0 saturated heterocycles. The van der Waals surface area contributed by atoms with Gasteiger partial charge in [-0.2, -0.15) is 0 Å². The maximum atomic E-state index is 12.6. The fourth-order valence-electron chi connectivity index (χ4n) is 3.90. The summed E-state index contributed by atoms with van der Waals surface area (Å²) in [5, 5.41) is 0.720.